The Morgan fingerprint density at radius 3 is 2.89 bits per heavy atom. The van der Waals surface area contributed by atoms with Gasteiger partial charge in [0.05, 0.1) is 10.7 Å². The summed E-state index contributed by atoms with van der Waals surface area (Å²) in [5.41, 5.74) is 1.32. The van der Waals surface area contributed by atoms with Crippen molar-refractivity contribution < 1.29 is 9.31 Å². The van der Waals surface area contributed by atoms with Crippen LogP contribution in [0.25, 0.3) is 0 Å². The lowest BCUT2D eigenvalue weighted by atomic mass is 9.83. The standard InChI is InChI=1S/C12H21BN2O2S/c1-10-14-11-5-8-15(9-12(11)18-10)7-4-6-13(16-2)17-3/h4-9H2,1-3H3. The summed E-state index contributed by atoms with van der Waals surface area (Å²) in [6, 6.07) is 0. The minimum absolute atomic E-state index is 0.0593. The molecule has 0 atom stereocenters. The lowest BCUT2D eigenvalue weighted by molar-refractivity contribution is 0.245. The second-order valence-corrected chi connectivity index (χ2v) is 5.96. The van der Waals surface area contributed by atoms with Crippen LogP contribution in [-0.4, -0.2) is 44.3 Å². The fourth-order valence-electron chi connectivity index (χ4n) is 2.38. The molecular weight excluding hydrogens is 247 g/mol. The molecule has 0 unspecified atom stereocenters. The Hall–Kier alpha value is -0.425. The summed E-state index contributed by atoms with van der Waals surface area (Å²) in [6.07, 6.45) is 3.16. The van der Waals surface area contributed by atoms with Gasteiger partial charge in [-0.3, -0.25) is 4.90 Å². The molecule has 0 saturated carbocycles. The Labute approximate surface area is 113 Å². The Bertz CT molecular complexity index is 382. The molecule has 6 heteroatoms. The van der Waals surface area contributed by atoms with Gasteiger partial charge in [0.25, 0.3) is 0 Å². The van der Waals surface area contributed by atoms with Gasteiger partial charge in [0.1, 0.15) is 0 Å². The summed E-state index contributed by atoms with van der Waals surface area (Å²) in [4.78, 5) is 8.53. The topological polar surface area (TPSA) is 34.6 Å². The quantitative estimate of drug-likeness (QED) is 0.739. The molecule has 0 bridgehead atoms. The fourth-order valence-corrected chi connectivity index (χ4v) is 3.41. The highest BCUT2D eigenvalue weighted by molar-refractivity contribution is 7.11. The van der Waals surface area contributed by atoms with E-state index in [1.54, 1.807) is 14.2 Å². The molecule has 4 nitrogen and oxygen atoms in total. The third kappa shape index (κ3) is 3.54. The summed E-state index contributed by atoms with van der Waals surface area (Å²) in [6.45, 7) is 5.39. The van der Waals surface area contributed by atoms with E-state index < -0.39 is 0 Å². The first-order valence-electron chi connectivity index (χ1n) is 6.46. The van der Waals surface area contributed by atoms with Crippen LogP contribution in [0.5, 0.6) is 0 Å². The van der Waals surface area contributed by atoms with Crippen LogP contribution >= 0.6 is 11.3 Å². The minimum Gasteiger partial charge on any atom is -0.414 e. The van der Waals surface area contributed by atoms with Crippen molar-refractivity contribution in [2.75, 3.05) is 27.3 Å². The van der Waals surface area contributed by atoms with E-state index >= 15 is 0 Å². The average Bonchev–Trinajstić information content (AvgIpc) is 2.74. The van der Waals surface area contributed by atoms with Gasteiger partial charge >= 0.3 is 7.12 Å². The molecule has 0 aliphatic carbocycles. The van der Waals surface area contributed by atoms with Gasteiger partial charge in [-0.25, -0.2) is 4.98 Å². The maximum atomic E-state index is 5.20. The van der Waals surface area contributed by atoms with Gasteiger partial charge in [-0.2, -0.15) is 0 Å². The second-order valence-electron chi connectivity index (χ2n) is 4.67. The largest absolute Gasteiger partial charge is 0.456 e. The molecule has 18 heavy (non-hydrogen) atoms. The van der Waals surface area contributed by atoms with Crippen LogP contribution in [0.4, 0.5) is 0 Å². The summed E-state index contributed by atoms with van der Waals surface area (Å²) in [5.74, 6) is 0. The molecule has 0 spiro atoms. The molecule has 0 radical (unpaired) electrons. The number of nitrogens with zero attached hydrogens (tertiary/aromatic N) is 2. The van der Waals surface area contributed by atoms with E-state index in [-0.39, 0.29) is 7.12 Å². The third-order valence-electron chi connectivity index (χ3n) is 3.36. The Morgan fingerprint density at radius 1 is 1.39 bits per heavy atom. The Balaban J connectivity index is 1.76. The highest BCUT2D eigenvalue weighted by Gasteiger charge is 2.20. The molecule has 0 amide bonds. The zero-order valence-electron chi connectivity index (χ0n) is 11.4. The van der Waals surface area contributed by atoms with E-state index in [1.165, 1.54) is 15.6 Å². The molecule has 1 aliphatic heterocycles. The number of aryl methyl sites for hydroxylation is 1. The molecular formula is C12H21BN2O2S. The maximum absolute atomic E-state index is 5.20. The zero-order valence-corrected chi connectivity index (χ0v) is 12.3. The van der Waals surface area contributed by atoms with E-state index in [2.05, 4.69) is 16.8 Å². The van der Waals surface area contributed by atoms with Crippen LogP contribution in [0.3, 0.4) is 0 Å². The summed E-state index contributed by atoms with van der Waals surface area (Å²) < 4.78 is 10.4. The number of hydrogen-bond donors (Lipinski definition) is 0. The van der Waals surface area contributed by atoms with Gasteiger partial charge in [0, 0.05) is 38.6 Å². The lowest BCUT2D eigenvalue weighted by Crippen LogP contribution is -2.31. The van der Waals surface area contributed by atoms with Gasteiger partial charge in [-0.1, -0.05) is 0 Å². The van der Waals surface area contributed by atoms with Crippen molar-refractivity contribution in [2.45, 2.75) is 32.6 Å². The van der Waals surface area contributed by atoms with E-state index in [9.17, 15) is 0 Å². The van der Waals surface area contributed by atoms with E-state index in [0.29, 0.717) is 0 Å². The first-order chi connectivity index (χ1) is 8.72. The van der Waals surface area contributed by atoms with Gasteiger partial charge < -0.3 is 9.31 Å². The summed E-state index contributed by atoms with van der Waals surface area (Å²) in [7, 11) is 3.33. The normalized spacial score (nSPS) is 15.7. The van der Waals surface area contributed by atoms with E-state index in [0.717, 1.165) is 38.8 Å². The number of hydrogen-bond acceptors (Lipinski definition) is 5. The molecule has 2 heterocycles. The van der Waals surface area contributed by atoms with Gasteiger partial charge in [-0.15, -0.1) is 11.3 Å². The molecule has 0 N–H and O–H groups in total. The van der Waals surface area contributed by atoms with Crippen molar-refractivity contribution in [1.29, 1.82) is 0 Å². The van der Waals surface area contributed by atoms with Crippen molar-refractivity contribution in [3.05, 3.63) is 15.6 Å². The van der Waals surface area contributed by atoms with Crippen LogP contribution in [0.2, 0.25) is 6.32 Å². The van der Waals surface area contributed by atoms with Crippen LogP contribution in [0.1, 0.15) is 22.0 Å². The van der Waals surface area contributed by atoms with Crippen molar-refractivity contribution >= 4 is 18.5 Å². The molecule has 0 aromatic carbocycles. The smallest absolute Gasteiger partial charge is 0.414 e. The van der Waals surface area contributed by atoms with Crippen LogP contribution in [0, 0.1) is 6.92 Å². The van der Waals surface area contributed by atoms with E-state index in [4.69, 9.17) is 9.31 Å². The monoisotopic (exact) mass is 268 g/mol. The number of thiazole rings is 1. The molecule has 0 saturated heterocycles. The molecule has 1 aliphatic rings. The summed E-state index contributed by atoms with van der Waals surface area (Å²) in [5, 5.41) is 1.20. The van der Waals surface area contributed by atoms with Gasteiger partial charge in [0.2, 0.25) is 0 Å². The van der Waals surface area contributed by atoms with Crippen LogP contribution in [0.15, 0.2) is 0 Å². The maximum Gasteiger partial charge on any atom is 0.456 e. The molecule has 100 valence electrons. The Morgan fingerprint density at radius 2 is 2.17 bits per heavy atom. The summed E-state index contributed by atoms with van der Waals surface area (Å²) >= 11 is 1.84. The van der Waals surface area contributed by atoms with Crippen LogP contribution in [-0.2, 0) is 22.3 Å². The average molecular weight is 268 g/mol. The molecule has 2 rings (SSSR count). The molecule has 0 fully saturated rings. The van der Waals surface area contributed by atoms with Gasteiger partial charge in [0.15, 0.2) is 0 Å². The minimum atomic E-state index is -0.0593. The highest BCUT2D eigenvalue weighted by Crippen LogP contribution is 2.24. The number of aromatic nitrogens is 1. The molecule has 1 aromatic heterocycles. The fraction of sp³-hybridized carbons (Fsp3) is 0.750. The third-order valence-corrected chi connectivity index (χ3v) is 4.36. The van der Waals surface area contributed by atoms with Crippen molar-refractivity contribution in [2.24, 2.45) is 0 Å². The zero-order chi connectivity index (χ0) is 13.0. The lowest BCUT2D eigenvalue weighted by Gasteiger charge is -2.25. The number of rotatable bonds is 6. The van der Waals surface area contributed by atoms with Gasteiger partial charge in [-0.05, 0) is 26.2 Å². The Kier molecular flexibility index (Phi) is 5.18. The van der Waals surface area contributed by atoms with Crippen LogP contribution < -0.4 is 0 Å². The number of fused-ring (bicyclic) bond motifs is 1. The second kappa shape index (κ2) is 6.66. The van der Waals surface area contributed by atoms with Crippen molar-refractivity contribution in [1.82, 2.24) is 9.88 Å². The van der Waals surface area contributed by atoms with E-state index in [1.807, 2.05) is 11.3 Å². The first kappa shape index (κ1) is 14.0. The first-order valence-corrected chi connectivity index (χ1v) is 7.27. The van der Waals surface area contributed by atoms with Crippen molar-refractivity contribution in [3.63, 3.8) is 0 Å². The van der Waals surface area contributed by atoms with Crippen molar-refractivity contribution in [3.8, 4) is 0 Å². The SMILES string of the molecule is COB(CCCN1CCc2nc(C)sc2C1)OC. The molecule has 1 aromatic rings. The predicted octanol–water partition coefficient (Wildman–Crippen LogP) is 1.98. The predicted molar refractivity (Wildman–Crippen MR) is 75.0 cm³/mol. The highest BCUT2D eigenvalue weighted by atomic mass is 32.1.